The molecule has 0 aliphatic carbocycles. The number of pyridine rings is 1. The molecule has 0 spiro atoms. The number of hydrogen-bond acceptors (Lipinski definition) is 3. The molecule has 1 aromatic heterocycles. The predicted octanol–water partition coefficient (Wildman–Crippen LogP) is 3.86. The van der Waals surface area contributed by atoms with Gasteiger partial charge in [-0.1, -0.05) is 18.2 Å². The highest BCUT2D eigenvalue weighted by Crippen LogP contribution is 2.26. The van der Waals surface area contributed by atoms with E-state index in [1.807, 2.05) is 12.1 Å². The molecule has 0 saturated carbocycles. The fraction of sp³-hybridized carbons (Fsp3) is 0.286. The first-order chi connectivity index (χ1) is 9.51. The van der Waals surface area contributed by atoms with Crippen molar-refractivity contribution in [2.45, 2.75) is 19.0 Å². The summed E-state index contributed by atoms with van der Waals surface area (Å²) in [6, 6.07) is 9.19. The zero-order valence-corrected chi connectivity index (χ0v) is 10.5. The van der Waals surface area contributed by atoms with Gasteiger partial charge in [0, 0.05) is 24.5 Å². The lowest BCUT2D eigenvalue weighted by Crippen LogP contribution is -2.11. The molecule has 6 heteroatoms. The number of fused-ring (bicyclic) bond motifs is 1. The molecule has 3 nitrogen and oxygen atoms in total. The first-order valence-electron chi connectivity index (χ1n) is 6.10. The lowest BCUT2D eigenvalue weighted by atomic mass is 10.1. The molecule has 0 aliphatic heterocycles. The number of para-hydroxylation sites is 1. The van der Waals surface area contributed by atoms with E-state index in [1.54, 1.807) is 18.2 Å². The zero-order chi connectivity index (χ0) is 14.6. The summed E-state index contributed by atoms with van der Waals surface area (Å²) < 4.78 is 36.3. The van der Waals surface area contributed by atoms with Crippen LogP contribution in [0.4, 0.5) is 18.9 Å². The highest BCUT2D eigenvalue weighted by molar-refractivity contribution is 5.93. The van der Waals surface area contributed by atoms with Crippen molar-refractivity contribution in [1.82, 2.24) is 4.98 Å². The SMILES string of the molecule is N#Cc1cnc2ccccc2c1NCCCC(F)(F)F. The van der Waals surface area contributed by atoms with Gasteiger partial charge in [0.15, 0.2) is 0 Å². The fourth-order valence-electron chi connectivity index (χ4n) is 1.92. The number of nitrogens with zero attached hydrogens (tertiary/aromatic N) is 2. The maximum Gasteiger partial charge on any atom is 0.389 e. The predicted molar refractivity (Wildman–Crippen MR) is 70.2 cm³/mol. The fourth-order valence-corrected chi connectivity index (χ4v) is 1.92. The average Bonchev–Trinajstić information content (AvgIpc) is 2.42. The Labute approximate surface area is 114 Å². The van der Waals surface area contributed by atoms with E-state index in [2.05, 4.69) is 10.3 Å². The Hall–Kier alpha value is -2.29. The maximum atomic E-state index is 12.1. The molecule has 0 aliphatic rings. The van der Waals surface area contributed by atoms with Gasteiger partial charge in [0.05, 0.1) is 16.8 Å². The summed E-state index contributed by atoms with van der Waals surface area (Å²) in [6.45, 7) is 0.155. The summed E-state index contributed by atoms with van der Waals surface area (Å²) in [5.74, 6) is 0. The van der Waals surface area contributed by atoms with Crippen molar-refractivity contribution in [3.8, 4) is 6.07 Å². The molecule has 1 heterocycles. The number of aromatic nitrogens is 1. The minimum atomic E-state index is -4.15. The van der Waals surface area contributed by atoms with Crippen LogP contribution >= 0.6 is 0 Å². The van der Waals surface area contributed by atoms with Crippen molar-refractivity contribution in [1.29, 1.82) is 5.26 Å². The second-order valence-electron chi connectivity index (χ2n) is 4.32. The Morgan fingerprint density at radius 3 is 2.70 bits per heavy atom. The van der Waals surface area contributed by atoms with E-state index in [1.165, 1.54) is 6.20 Å². The summed E-state index contributed by atoms with van der Waals surface area (Å²) in [5.41, 5.74) is 1.57. The zero-order valence-electron chi connectivity index (χ0n) is 10.5. The Morgan fingerprint density at radius 1 is 1.25 bits per heavy atom. The van der Waals surface area contributed by atoms with E-state index >= 15 is 0 Å². The molecule has 0 amide bonds. The third-order valence-electron chi connectivity index (χ3n) is 2.83. The smallest absolute Gasteiger partial charge is 0.383 e. The van der Waals surface area contributed by atoms with E-state index in [-0.39, 0.29) is 13.0 Å². The molecule has 0 bridgehead atoms. The third-order valence-corrected chi connectivity index (χ3v) is 2.83. The average molecular weight is 279 g/mol. The Kier molecular flexibility index (Phi) is 4.08. The van der Waals surface area contributed by atoms with Crippen LogP contribution in [0.25, 0.3) is 10.9 Å². The maximum absolute atomic E-state index is 12.1. The third kappa shape index (κ3) is 3.38. The first kappa shape index (κ1) is 14.1. The van der Waals surface area contributed by atoms with Gasteiger partial charge in [0.1, 0.15) is 6.07 Å². The Bertz CT molecular complexity index is 644. The van der Waals surface area contributed by atoms with E-state index < -0.39 is 12.6 Å². The van der Waals surface area contributed by atoms with Gasteiger partial charge in [-0.15, -0.1) is 0 Å². The molecule has 0 fully saturated rings. The van der Waals surface area contributed by atoms with Crippen LogP contribution in [0, 0.1) is 11.3 Å². The topological polar surface area (TPSA) is 48.7 Å². The number of halogens is 3. The summed E-state index contributed by atoms with van der Waals surface area (Å²) in [4.78, 5) is 4.14. The lowest BCUT2D eigenvalue weighted by molar-refractivity contribution is -0.134. The molecule has 1 N–H and O–H groups in total. The second kappa shape index (κ2) is 5.78. The largest absolute Gasteiger partial charge is 0.389 e. The number of nitrogens with one attached hydrogen (secondary N) is 1. The standard InChI is InChI=1S/C14H12F3N3/c15-14(16,17)6-3-7-19-13-10(8-18)9-20-12-5-2-1-4-11(12)13/h1-2,4-5,9H,3,6-7H2,(H,19,20). The second-order valence-corrected chi connectivity index (χ2v) is 4.32. The van der Waals surface area contributed by atoms with Crippen LogP contribution in [0.3, 0.4) is 0 Å². The number of alkyl halides is 3. The van der Waals surface area contributed by atoms with E-state index in [0.29, 0.717) is 16.8 Å². The van der Waals surface area contributed by atoms with E-state index in [0.717, 1.165) is 5.39 Å². The van der Waals surface area contributed by atoms with Gasteiger partial charge < -0.3 is 5.32 Å². The van der Waals surface area contributed by atoms with Gasteiger partial charge in [-0.05, 0) is 12.5 Å². The molecule has 2 aromatic rings. The van der Waals surface area contributed by atoms with Crippen LogP contribution in [0.5, 0.6) is 0 Å². The Morgan fingerprint density at radius 2 is 2.00 bits per heavy atom. The molecular formula is C14H12F3N3. The highest BCUT2D eigenvalue weighted by Gasteiger charge is 2.25. The van der Waals surface area contributed by atoms with Gasteiger partial charge in [-0.2, -0.15) is 18.4 Å². The monoisotopic (exact) mass is 279 g/mol. The quantitative estimate of drug-likeness (QED) is 0.864. The number of benzene rings is 1. The van der Waals surface area contributed by atoms with Gasteiger partial charge >= 0.3 is 6.18 Å². The molecular weight excluding hydrogens is 267 g/mol. The molecule has 0 atom stereocenters. The van der Waals surface area contributed by atoms with Crippen LogP contribution in [0.1, 0.15) is 18.4 Å². The minimum absolute atomic E-state index is 0.0367. The van der Waals surface area contributed by atoms with Gasteiger partial charge in [0.25, 0.3) is 0 Å². The highest BCUT2D eigenvalue weighted by atomic mass is 19.4. The number of nitriles is 1. The van der Waals surface area contributed by atoms with Crippen LogP contribution < -0.4 is 5.32 Å². The summed E-state index contributed by atoms with van der Waals surface area (Å²) in [5, 5.41) is 12.7. The molecule has 1 aromatic carbocycles. The van der Waals surface area contributed by atoms with Crippen LogP contribution in [-0.2, 0) is 0 Å². The van der Waals surface area contributed by atoms with Gasteiger partial charge in [-0.25, -0.2) is 0 Å². The molecule has 104 valence electrons. The minimum Gasteiger partial charge on any atom is -0.383 e. The lowest BCUT2D eigenvalue weighted by Gasteiger charge is -2.12. The molecule has 0 unspecified atom stereocenters. The van der Waals surface area contributed by atoms with Crippen molar-refractivity contribution in [2.75, 3.05) is 11.9 Å². The molecule has 0 saturated heterocycles. The number of hydrogen-bond donors (Lipinski definition) is 1. The van der Waals surface area contributed by atoms with Gasteiger partial charge in [0.2, 0.25) is 0 Å². The summed E-state index contributed by atoms with van der Waals surface area (Å²) in [6.07, 6.45) is -3.61. The number of anilines is 1. The van der Waals surface area contributed by atoms with Crippen LogP contribution in [-0.4, -0.2) is 17.7 Å². The molecule has 20 heavy (non-hydrogen) atoms. The van der Waals surface area contributed by atoms with Crippen molar-refractivity contribution in [3.05, 3.63) is 36.0 Å². The van der Waals surface area contributed by atoms with Crippen molar-refractivity contribution in [3.63, 3.8) is 0 Å². The normalized spacial score (nSPS) is 11.3. The van der Waals surface area contributed by atoms with Crippen LogP contribution in [0.15, 0.2) is 30.5 Å². The van der Waals surface area contributed by atoms with E-state index in [9.17, 15) is 13.2 Å². The molecule has 0 radical (unpaired) electrons. The van der Waals surface area contributed by atoms with Crippen LogP contribution in [0.2, 0.25) is 0 Å². The Balaban J connectivity index is 2.18. The van der Waals surface area contributed by atoms with Crippen molar-refractivity contribution in [2.24, 2.45) is 0 Å². The summed E-state index contributed by atoms with van der Waals surface area (Å²) in [7, 11) is 0. The van der Waals surface area contributed by atoms with E-state index in [4.69, 9.17) is 5.26 Å². The first-order valence-corrected chi connectivity index (χ1v) is 6.10. The molecule has 2 rings (SSSR count). The summed E-state index contributed by atoms with van der Waals surface area (Å²) >= 11 is 0. The van der Waals surface area contributed by atoms with Crippen molar-refractivity contribution >= 4 is 16.6 Å². The van der Waals surface area contributed by atoms with Gasteiger partial charge in [-0.3, -0.25) is 4.98 Å². The van der Waals surface area contributed by atoms with Crippen molar-refractivity contribution < 1.29 is 13.2 Å². The number of rotatable bonds is 4.